The van der Waals surface area contributed by atoms with Crippen LogP contribution in [0.4, 0.5) is 0 Å². The van der Waals surface area contributed by atoms with Gasteiger partial charge in [-0.2, -0.15) is 0 Å². The molecule has 0 heterocycles. The standard InChI is InChI=1S/C29H54N/c1-4-5-6-7-8-9-10-11-12-13-14-15-16-17-18-19-20-24-27-30(2,3)28-29-25-22-21-23-26-29/h21-23,25-26H,4-20,24,27-28H2,1-3H3/q+1/i21D,22D,23D,25D,26D,28D2. The van der Waals surface area contributed by atoms with Gasteiger partial charge in [-0.1, -0.05) is 140 Å². The molecule has 0 unspecified atom stereocenters. The lowest BCUT2D eigenvalue weighted by atomic mass is 10.0. The van der Waals surface area contributed by atoms with Gasteiger partial charge in [0.2, 0.25) is 0 Å². The number of unbranched alkanes of at least 4 members (excludes halogenated alkanes) is 17. The fourth-order valence-corrected chi connectivity index (χ4v) is 4.07. The van der Waals surface area contributed by atoms with Gasteiger partial charge in [-0.3, -0.25) is 0 Å². The molecular weight excluding hydrogens is 362 g/mol. The molecule has 0 saturated heterocycles. The fraction of sp³-hybridized carbons (Fsp3) is 0.793. The minimum absolute atomic E-state index is 0.0696. The molecule has 1 nitrogen and oxygen atoms in total. The summed E-state index contributed by atoms with van der Waals surface area (Å²) in [6.07, 6.45) is 23.4. The number of quaternary nitrogens is 1. The van der Waals surface area contributed by atoms with E-state index in [4.69, 9.17) is 9.60 Å². The summed E-state index contributed by atoms with van der Waals surface area (Å²) in [7, 11) is 3.49. The van der Waals surface area contributed by atoms with Crippen molar-refractivity contribution in [2.75, 3.05) is 20.6 Å². The van der Waals surface area contributed by atoms with Crippen molar-refractivity contribution in [2.45, 2.75) is 129 Å². The van der Waals surface area contributed by atoms with Crippen molar-refractivity contribution in [3.8, 4) is 0 Å². The van der Waals surface area contributed by atoms with Gasteiger partial charge >= 0.3 is 0 Å². The largest absolute Gasteiger partial charge is 0.325 e. The van der Waals surface area contributed by atoms with Crippen molar-refractivity contribution < 1.29 is 14.1 Å². The second-order valence-electron chi connectivity index (χ2n) is 9.53. The Labute approximate surface area is 200 Å². The Bertz CT molecular complexity index is 751. The van der Waals surface area contributed by atoms with Crippen LogP contribution in [-0.4, -0.2) is 25.1 Å². The molecule has 0 aliphatic rings. The van der Waals surface area contributed by atoms with Crippen LogP contribution in [0.1, 0.15) is 138 Å². The Kier molecular flexibility index (Phi) is 11.2. The van der Waals surface area contributed by atoms with Crippen molar-refractivity contribution in [1.82, 2.24) is 0 Å². The van der Waals surface area contributed by atoms with Gasteiger partial charge in [-0.15, -0.1) is 0 Å². The van der Waals surface area contributed by atoms with Gasteiger partial charge < -0.3 is 4.48 Å². The summed E-state index contributed by atoms with van der Waals surface area (Å²) in [6.45, 7) is 0.738. The molecule has 1 aromatic rings. The van der Waals surface area contributed by atoms with Crippen LogP contribution in [-0.2, 0) is 6.50 Å². The molecule has 0 aliphatic carbocycles. The summed E-state index contributed by atoms with van der Waals surface area (Å²) in [5.74, 6) is 0. The zero-order chi connectivity index (χ0) is 27.9. The highest BCUT2D eigenvalue weighted by molar-refractivity contribution is 5.13. The zero-order valence-electron chi connectivity index (χ0n) is 27.4. The molecule has 0 bridgehead atoms. The van der Waals surface area contributed by atoms with Crippen LogP contribution < -0.4 is 0 Å². The molecule has 0 aliphatic heterocycles. The maximum Gasteiger partial charge on any atom is 0.104 e. The van der Waals surface area contributed by atoms with E-state index >= 15 is 0 Å². The summed E-state index contributed by atoms with van der Waals surface area (Å²) in [5.41, 5.74) is -0.245. The third-order valence-corrected chi connectivity index (χ3v) is 5.99. The van der Waals surface area contributed by atoms with Crippen LogP contribution in [0.3, 0.4) is 0 Å². The average molecular weight is 424 g/mol. The molecular formula is C29H54N+. The first-order chi connectivity index (χ1) is 17.5. The van der Waals surface area contributed by atoms with E-state index in [1.54, 1.807) is 14.1 Å². The molecule has 1 rings (SSSR count). The molecule has 0 fully saturated rings. The van der Waals surface area contributed by atoms with E-state index in [2.05, 4.69) is 6.92 Å². The smallest absolute Gasteiger partial charge is 0.104 e. The molecule has 0 radical (unpaired) electrons. The topological polar surface area (TPSA) is 0 Å². The molecule has 0 amide bonds. The van der Waals surface area contributed by atoms with E-state index in [-0.39, 0.29) is 10.0 Å². The van der Waals surface area contributed by atoms with Crippen LogP contribution in [0.15, 0.2) is 30.2 Å². The number of nitrogens with zero attached hydrogens (tertiary/aromatic N) is 1. The second-order valence-corrected chi connectivity index (χ2v) is 9.53. The molecule has 30 heavy (non-hydrogen) atoms. The highest BCUT2D eigenvalue weighted by Crippen LogP contribution is 2.15. The minimum Gasteiger partial charge on any atom is -0.325 e. The fourth-order valence-electron chi connectivity index (χ4n) is 4.07. The number of rotatable bonds is 21. The summed E-state index contributed by atoms with van der Waals surface area (Å²) < 4.78 is 57.2. The van der Waals surface area contributed by atoms with Crippen molar-refractivity contribution in [1.29, 1.82) is 0 Å². The van der Waals surface area contributed by atoms with Gasteiger partial charge in [0.1, 0.15) is 6.50 Å². The highest BCUT2D eigenvalue weighted by Gasteiger charge is 2.14. The maximum absolute atomic E-state index is 8.69. The Morgan fingerprint density at radius 2 is 0.967 bits per heavy atom. The van der Waals surface area contributed by atoms with E-state index in [0.29, 0.717) is 6.54 Å². The van der Waals surface area contributed by atoms with Crippen molar-refractivity contribution in [3.05, 3.63) is 35.8 Å². The molecule has 1 aromatic carbocycles. The number of benzene rings is 1. The predicted molar refractivity (Wildman–Crippen MR) is 136 cm³/mol. The first kappa shape index (κ1) is 17.7. The van der Waals surface area contributed by atoms with Gasteiger partial charge in [0.15, 0.2) is 0 Å². The third kappa shape index (κ3) is 16.9. The van der Waals surface area contributed by atoms with Gasteiger partial charge in [-0.05, 0) is 12.8 Å². The first-order valence-corrected chi connectivity index (χ1v) is 12.9. The Morgan fingerprint density at radius 1 is 0.600 bits per heavy atom. The summed E-state index contributed by atoms with van der Waals surface area (Å²) in [5, 5.41) is 0. The molecule has 0 aromatic heterocycles. The third-order valence-electron chi connectivity index (χ3n) is 5.99. The Balaban J connectivity index is 2.19. The summed E-state index contributed by atoms with van der Waals surface area (Å²) >= 11 is 0. The van der Waals surface area contributed by atoms with Gasteiger partial charge in [0.05, 0.1) is 30.2 Å². The lowest BCUT2D eigenvalue weighted by Crippen LogP contribution is -2.39. The molecule has 1 heteroatoms. The van der Waals surface area contributed by atoms with E-state index in [1.165, 1.54) is 96.3 Å². The van der Waals surface area contributed by atoms with E-state index in [1.807, 2.05) is 0 Å². The van der Waals surface area contributed by atoms with Crippen LogP contribution in [0.25, 0.3) is 0 Å². The van der Waals surface area contributed by atoms with E-state index < -0.39 is 36.7 Å². The average Bonchev–Trinajstić information content (AvgIpc) is 2.85. The lowest BCUT2D eigenvalue weighted by Gasteiger charge is -2.30. The quantitative estimate of drug-likeness (QED) is 0.136. The predicted octanol–water partition coefficient (Wildman–Crippen LogP) is 9.30. The highest BCUT2D eigenvalue weighted by atomic mass is 15.3. The normalized spacial score (nSPS) is 15.6. The van der Waals surface area contributed by atoms with Crippen LogP contribution >= 0.6 is 0 Å². The number of hydrogen-bond donors (Lipinski definition) is 0. The molecule has 0 atom stereocenters. The second kappa shape index (κ2) is 18.9. The Hall–Kier alpha value is -0.820. The molecule has 174 valence electrons. The van der Waals surface area contributed by atoms with Gasteiger partial charge in [0.25, 0.3) is 0 Å². The van der Waals surface area contributed by atoms with Crippen molar-refractivity contribution in [2.24, 2.45) is 0 Å². The number of hydrogen-bond acceptors (Lipinski definition) is 0. The van der Waals surface area contributed by atoms with Gasteiger partial charge in [0, 0.05) is 5.56 Å². The summed E-state index contributed by atoms with van der Waals surface area (Å²) in [6, 6.07) is -2.33. The van der Waals surface area contributed by atoms with Crippen LogP contribution in [0.2, 0.25) is 0 Å². The maximum atomic E-state index is 8.69. The molecule has 0 saturated carbocycles. The summed E-state index contributed by atoms with van der Waals surface area (Å²) in [4.78, 5) is 0. The van der Waals surface area contributed by atoms with Crippen LogP contribution in [0, 0.1) is 0 Å². The monoisotopic (exact) mass is 423 g/mol. The van der Waals surface area contributed by atoms with Crippen molar-refractivity contribution >= 4 is 0 Å². The van der Waals surface area contributed by atoms with E-state index in [9.17, 15) is 0 Å². The molecule has 0 N–H and O–H groups in total. The van der Waals surface area contributed by atoms with E-state index in [0.717, 1.165) is 19.3 Å². The Morgan fingerprint density at radius 3 is 1.37 bits per heavy atom. The minimum atomic E-state index is -2.08. The first-order valence-electron chi connectivity index (χ1n) is 16.4. The zero-order valence-corrected chi connectivity index (χ0v) is 20.4. The van der Waals surface area contributed by atoms with Gasteiger partial charge in [-0.25, -0.2) is 0 Å². The lowest BCUT2D eigenvalue weighted by molar-refractivity contribution is -0.903. The van der Waals surface area contributed by atoms with Crippen LogP contribution in [0.5, 0.6) is 0 Å². The van der Waals surface area contributed by atoms with Crippen molar-refractivity contribution in [3.63, 3.8) is 0 Å². The molecule has 0 spiro atoms. The SMILES string of the molecule is [2H]c1c([2H])c([2H])c(C([2H])([2H])[N+](C)(C)CCCCCCCCCCCCCCCCCCCC)c([2H])c1[2H].